The van der Waals surface area contributed by atoms with Crippen molar-refractivity contribution in [2.45, 2.75) is 6.92 Å². The SMILES string of the molecule is CC(C#N)CN1NN(O)C=C1Cl. The summed E-state index contributed by atoms with van der Waals surface area (Å²) >= 11 is 5.69. The van der Waals surface area contributed by atoms with E-state index in [1.54, 1.807) is 6.92 Å². The molecule has 0 fully saturated rings. The minimum Gasteiger partial charge on any atom is -0.275 e. The Balaban J connectivity index is 2.47. The topological polar surface area (TPSA) is 62.5 Å². The molecule has 0 aromatic heterocycles. The number of rotatable bonds is 2. The van der Waals surface area contributed by atoms with Crippen molar-refractivity contribution in [1.82, 2.24) is 15.7 Å². The molecule has 1 aliphatic rings. The predicted molar refractivity (Wildman–Crippen MR) is 42.2 cm³/mol. The average molecular weight is 189 g/mol. The first kappa shape index (κ1) is 9.13. The molecule has 0 spiro atoms. The van der Waals surface area contributed by atoms with E-state index in [2.05, 4.69) is 11.6 Å². The van der Waals surface area contributed by atoms with Gasteiger partial charge in [0, 0.05) is 0 Å². The molecule has 5 nitrogen and oxygen atoms in total. The smallest absolute Gasteiger partial charge is 0.140 e. The Morgan fingerprint density at radius 2 is 2.58 bits per heavy atom. The van der Waals surface area contributed by atoms with E-state index in [1.807, 2.05) is 0 Å². The highest BCUT2D eigenvalue weighted by molar-refractivity contribution is 6.29. The van der Waals surface area contributed by atoms with Gasteiger partial charge in [0.15, 0.2) is 0 Å². The van der Waals surface area contributed by atoms with Crippen LogP contribution in [-0.2, 0) is 0 Å². The Bertz CT molecular complexity index is 236. The molecule has 66 valence electrons. The number of halogens is 1. The first-order valence-corrected chi connectivity index (χ1v) is 3.80. The number of hydrogen-bond donors (Lipinski definition) is 2. The van der Waals surface area contributed by atoms with Crippen molar-refractivity contribution in [1.29, 1.82) is 5.26 Å². The third-order valence-electron chi connectivity index (χ3n) is 1.39. The molecule has 1 aliphatic heterocycles. The van der Waals surface area contributed by atoms with Crippen molar-refractivity contribution in [3.8, 4) is 6.07 Å². The molecule has 0 amide bonds. The molecule has 0 aromatic carbocycles. The number of hydrazine groups is 2. The second kappa shape index (κ2) is 3.63. The average Bonchev–Trinajstić information content (AvgIpc) is 2.30. The van der Waals surface area contributed by atoms with Crippen molar-refractivity contribution >= 4 is 11.6 Å². The van der Waals surface area contributed by atoms with Crippen molar-refractivity contribution < 1.29 is 5.21 Å². The van der Waals surface area contributed by atoms with Gasteiger partial charge >= 0.3 is 0 Å². The van der Waals surface area contributed by atoms with Gasteiger partial charge in [-0.1, -0.05) is 11.6 Å². The number of hydrogen-bond acceptors (Lipinski definition) is 5. The van der Waals surface area contributed by atoms with Crippen LogP contribution in [0, 0.1) is 17.2 Å². The van der Waals surface area contributed by atoms with Gasteiger partial charge in [-0.2, -0.15) is 10.4 Å². The van der Waals surface area contributed by atoms with E-state index in [1.165, 1.54) is 11.2 Å². The second-order valence-corrected chi connectivity index (χ2v) is 2.92. The summed E-state index contributed by atoms with van der Waals surface area (Å²) in [6, 6.07) is 2.06. The van der Waals surface area contributed by atoms with Crippen LogP contribution in [0.3, 0.4) is 0 Å². The molecule has 1 rings (SSSR count). The van der Waals surface area contributed by atoms with Gasteiger partial charge in [-0.05, 0) is 6.92 Å². The van der Waals surface area contributed by atoms with Crippen LogP contribution in [0.15, 0.2) is 11.4 Å². The monoisotopic (exact) mass is 188 g/mol. The second-order valence-electron chi connectivity index (χ2n) is 2.54. The highest BCUT2D eigenvalue weighted by Crippen LogP contribution is 2.14. The summed E-state index contributed by atoms with van der Waals surface area (Å²) in [6.45, 7) is 2.20. The van der Waals surface area contributed by atoms with Gasteiger partial charge in [0.1, 0.15) is 5.16 Å². The fourth-order valence-electron chi connectivity index (χ4n) is 0.814. The van der Waals surface area contributed by atoms with Crippen LogP contribution in [0.1, 0.15) is 6.92 Å². The Hall–Kier alpha value is -0.960. The third kappa shape index (κ3) is 2.01. The summed E-state index contributed by atoms with van der Waals surface area (Å²) in [5.74, 6) is -0.147. The van der Waals surface area contributed by atoms with Gasteiger partial charge < -0.3 is 0 Å². The lowest BCUT2D eigenvalue weighted by Gasteiger charge is -2.20. The maximum atomic E-state index is 8.89. The molecule has 1 heterocycles. The Morgan fingerprint density at radius 3 is 3.00 bits per heavy atom. The molecule has 0 radical (unpaired) electrons. The fraction of sp³-hybridized carbons (Fsp3) is 0.500. The lowest BCUT2D eigenvalue weighted by molar-refractivity contribution is -0.120. The van der Waals surface area contributed by atoms with E-state index in [0.29, 0.717) is 11.7 Å². The van der Waals surface area contributed by atoms with Crippen molar-refractivity contribution in [2.24, 2.45) is 5.92 Å². The van der Waals surface area contributed by atoms with Gasteiger partial charge in [-0.15, -0.1) is 5.53 Å². The Morgan fingerprint density at radius 1 is 1.92 bits per heavy atom. The lowest BCUT2D eigenvalue weighted by Crippen LogP contribution is -2.40. The van der Waals surface area contributed by atoms with Crippen LogP contribution >= 0.6 is 11.6 Å². The maximum absolute atomic E-state index is 8.89. The summed E-state index contributed by atoms with van der Waals surface area (Å²) in [5, 5.41) is 20.0. The molecule has 0 saturated heterocycles. The fourth-order valence-corrected chi connectivity index (χ4v) is 1.01. The standard InChI is InChI=1S/C6H9ClN4O/c1-5(2-8)3-10-6(7)4-11(12)9-10/h4-5,9,12H,3H2,1H3. The van der Waals surface area contributed by atoms with Crippen LogP contribution < -0.4 is 5.53 Å². The van der Waals surface area contributed by atoms with Crippen molar-refractivity contribution in [2.75, 3.05) is 6.54 Å². The van der Waals surface area contributed by atoms with E-state index in [0.717, 1.165) is 5.17 Å². The number of hydroxylamine groups is 1. The molecule has 1 unspecified atom stereocenters. The van der Waals surface area contributed by atoms with Crippen molar-refractivity contribution in [3.63, 3.8) is 0 Å². The van der Waals surface area contributed by atoms with Gasteiger partial charge in [-0.3, -0.25) is 10.2 Å². The normalized spacial score (nSPS) is 19.0. The maximum Gasteiger partial charge on any atom is 0.140 e. The summed E-state index contributed by atoms with van der Waals surface area (Å²) in [7, 11) is 0. The molecular weight excluding hydrogens is 180 g/mol. The zero-order valence-electron chi connectivity index (χ0n) is 6.53. The lowest BCUT2D eigenvalue weighted by atomic mass is 10.2. The van der Waals surface area contributed by atoms with Crippen molar-refractivity contribution in [3.05, 3.63) is 11.4 Å². The first-order valence-electron chi connectivity index (χ1n) is 3.42. The summed E-state index contributed by atoms with van der Waals surface area (Å²) < 4.78 is 0. The summed E-state index contributed by atoms with van der Waals surface area (Å²) in [6.07, 6.45) is 1.31. The molecule has 0 bridgehead atoms. The van der Waals surface area contributed by atoms with Gasteiger partial charge in [-0.25, -0.2) is 0 Å². The molecule has 0 aliphatic carbocycles. The van der Waals surface area contributed by atoms with Crippen LogP contribution in [0.4, 0.5) is 0 Å². The molecule has 2 N–H and O–H groups in total. The molecule has 6 heteroatoms. The number of nitriles is 1. The largest absolute Gasteiger partial charge is 0.275 e. The minimum absolute atomic E-state index is 0.147. The van der Waals surface area contributed by atoms with Gasteiger partial charge in [0.2, 0.25) is 0 Å². The molecule has 1 atom stereocenters. The van der Waals surface area contributed by atoms with Crippen LogP contribution in [0.2, 0.25) is 0 Å². The quantitative estimate of drug-likeness (QED) is 0.622. The zero-order chi connectivity index (χ0) is 9.14. The first-order chi connectivity index (χ1) is 5.63. The van der Waals surface area contributed by atoms with Gasteiger partial charge in [0.05, 0.1) is 24.7 Å². The molecule has 12 heavy (non-hydrogen) atoms. The highest BCUT2D eigenvalue weighted by Gasteiger charge is 2.19. The summed E-state index contributed by atoms with van der Waals surface area (Å²) in [4.78, 5) is 0. The van der Waals surface area contributed by atoms with Gasteiger partial charge in [0.25, 0.3) is 0 Å². The predicted octanol–water partition coefficient (Wildman–Crippen LogP) is 0.610. The van der Waals surface area contributed by atoms with E-state index in [4.69, 9.17) is 22.1 Å². The van der Waals surface area contributed by atoms with Crippen LogP contribution in [0.5, 0.6) is 0 Å². The Labute approximate surface area is 75.3 Å². The highest BCUT2D eigenvalue weighted by atomic mass is 35.5. The zero-order valence-corrected chi connectivity index (χ0v) is 7.28. The van der Waals surface area contributed by atoms with E-state index >= 15 is 0 Å². The van der Waals surface area contributed by atoms with Crippen LogP contribution in [0.25, 0.3) is 0 Å². The molecular formula is C6H9ClN4O. The van der Waals surface area contributed by atoms with E-state index in [9.17, 15) is 0 Å². The van der Waals surface area contributed by atoms with Crippen LogP contribution in [-0.4, -0.2) is 21.9 Å². The molecule has 0 aromatic rings. The number of nitrogens with zero attached hydrogens (tertiary/aromatic N) is 3. The third-order valence-corrected chi connectivity index (χ3v) is 1.69. The minimum atomic E-state index is -0.147. The Kier molecular flexibility index (Phi) is 2.76. The number of nitrogens with one attached hydrogen (secondary N) is 1. The van der Waals surface area contributed by atoms with E-state index in [-0.39, 0.29) is 5.92 Å². The molecule has 0 saturated carbocycles. The van der Waals surface area contributed by atoms with E-state index < -0.39 is 0 Å². The summed E-state index contributed by atoms with van der Waals surface area (Å²) in [5.41, 5.74) is 2.52.